The molecule has 2 aromatic carbocycles. The molecule has 2 atom stereocenters. The predicted octanol–water partition coefficient (Wildman–Crippen LogP) is 5.33. The van der Waals surface area contributed by atoms with Crippen LogP contribution in [0, 0.1) is 24.2 Å². The summed E-state index contributed by atoms with van der Waals surface area (Å²) in [7, 11) is 0. The molecule has 0 heterocycles. The first kappa shape index (κ1) is 19.0. The molecule has 0 aliphatic carbocycles. The van der Waals surface area contributed by atoms with Gasteiger partial charge in [-0.1, -0.05) is 57.2 Å². The van der Waals surface area contributed by atoms with Crippen LogP contribution in [-0.2, 0) is 0 Å². The van der Waals surface area contributed by atoms with Crippen LogP contribution in [0.25, 0.3) is 23.9 Å². The standard InChI is InChI=1S/C24H29N/c1-8-16(4)21(12-9-15(2)3)22-13-18(6)23-17(5)10-11-20(14-25)24(23)19(22)7/h9-11,13,16,21H,6-8,12H2,1-5H3. The molecule has 1 heteroatoms. The molecule has 0 saturated heterocycles. The minimum Gasteiger partial charge on any atom is -0.192 e. The molecule has 0 aliphatic rings. The number of hydrogen-bond acceptors (Lipinski definition) is 1. The Kier molecular flexibility index (Phi) is 5.85. The van der Waals surface area contributed by atoms with Crippen LogP contribution in [0.5, 0.6) is 0 Å². The molecule has 0 aromatic heterocycles. The second kappa shape index (κ2) is 7.70. The summed E-state index contributed by atoms with van der Waals surface area (Å²) in [5.41, 5.74) is 4.43. The van der Waals surface area contributed by atoms with Gasteiger partial charge in [0.05, 0.1) is 11.6 Å². The molecule has 0 saturated carbocycles. The maximum atomic E-state index is 9.60. The molecule has 25 heavy (non-hydrogen) atoms. The number of rotatable bonds is 5. The van der Waals surface area contributed by atoms with Crippen molar-refractivity contribution in [3.05, 3.63) is 57.0 Å². The topological polar surface area (TPSA) is 23.8 Å². The van der Waals surface area contributed by atoms with Gasteiger partial charge in [0.1, 0.15) is 0 Å². The lowest BCUT2D eigenvalue weighted by Crippen LogP contribution is -2.23. The Balaban J connectivity index is 2.83. The summed E-state index contributed by atoms with van der Waals surface area (Å²) < 4.78 is 0. The molecule has 0 radical (unpaired) electrons. The molecule has 130 valence electrons. The molecule has 2 aromatic rings. The van der Waals surface area contributed by atoms with E-state index in [9.17, 15) is 5.26 Å². The Morgan fingerprint density at radius 2 is 1.92 bits per heavy atom. The van der Waals surface area contributed by atoms with Gasteiger partial charge in [0.15, 0.2) is 0 Å². The van der Waals surface area contributed by atoms with Gasteiger partial charge in [0.2, 0.25) is 0 Å². The van der Waals surface area contributed by atoms with E-state index in [2.05, 4.69) is 66.0 Å². The van der Waals surface area contributed by atoms with E-state index in [1.165, 1.54) is 11.1 Å². The summed E-state index contributed by atoms with van der Waals surface area (Å²) in [6, 6.07) is 8.46. The van der Waals surface area contributed by atoms with Crippen LogP contribution in [0.3, 0.4) is 0 Å². The minimum atomic E-state index is 0.393. The van der Waals surface area contributed by atoms with E-state index < -0.39 is 0 Å². The maximum Gasteiger partial charge on any atom is 0.0998 e. The van der Waals surface area contributed by atoms with E-state index in [1.54, 1.807) is 0 Å². The molecule has 0 N–H and O–H groups in total. The smallest absolute Gasteiger partial charge is 0.0998 e. The first-order valence-electron chi connectivity index (χ1n) is 9.09. The summed E-state index contributed by atoms with van der Waals surface area (Å²) in [5.74, 6) is 0.938. The van der Waals surface area contributed by atoms with Gasteiger partial charge in [-0.05, 0) is 72.0 Å². The van der Waals surface area contributed by atoms with Crippen LogP contribution in [0.4, 0.5) is 0 Å². The molecular weight excluding hydrogens is 302 g/mol. The fourth-order valence-corrected chi connectivity index (χ4v) is 3.66. The van der Waals surface area contributed by atoms with Crippen molar-refractivity contribution < 1.29 is 0 Å². The van der Waals surface area contributed by atoms with Gasteiger partial charge in [0.25, 0.3) is 0 Å². The van der Waals surface area contributed by atoms with Gasteiger partial charge in [0, 0.05) is 5.39 Å². The third-order valence-corrected chi connectivity index (χ3v) is 5.35. The third kappa shape index (κ3) is 3.69. The van der Waals surface area contributed by atoms with E-state index in [0.29, 0.717) is 17.4 Å². The Hall–Kier alpha value is -2.33. The number of aryl methyl sites for hydroxylation is 1. The lowest BCUT2D eigenvalue weighted by molar-refractivity contribution is 0.446. The molecule has 1 nitrogen and oxygen atoms in total. The van der Waals surface area contributed by atoms with Crippen molar-refractivity contribution in [2.45, 2.75) is 53.4 Å². The van der Waals surface area contributed by atoms with Crippen LogP contribution in [-0.4, -0.2) is 0 Å². The van der Waals surface area contributed by atoms with E-state index in [-0.39, 0.29) is 0 Å². The van der Waals surface area contributed by atoms with Crippen molar-refractivity contribution in [2.75, 3.05) is 0 Å². The number of nitrogens with zero attached hydrogens (tertiary/aromatic N) is 1. The van der Waals surface area contributed by atoms with Gasteiger partial charge in [-0.3, -0.25) is 0 Å². The van der Waals surface area contributed by atoms with Crippen molar-refractivity contribution in [2.24, 2.45) is 5.92 Å². The van der Waals surface area contributed by atoms with Crippen LogP contribution in [0.2, 0.25) is 0 Å². The minimum absolute atomic E-state index is 0.393. The van der Waals surface area contributed by atoms with E-state index in [1.807, 2.05) is 12.1 Å². The molecular formula is C24H29N. The normalized spacial score (nSPS) is 13.3. The predicted molar refractivity (Wildman–Crippen MR) is 110 cm³/mol. The summed E-state index contributed by atoms with van der Waals surface area (Å²) >= 11 is 0. The van der Waals surface area contributed by atoms with Crippen molar-refractivity contribution in [1.82, 2.24) is 0 Å². The fourth-order valence-electron chi connectivity index (χ4n) is 3.66. The Morgan fingerprint density at radius 3 is 2.48 bits per heavy atom. The van der Waals surface area contributed by atoms with Gasteiger partial charge < -0.3 is 0 Å². The molecule has 0 fully saturated rings. The fraction of sp³-hybridized carbons (Fsp3) is 0.375. The summed E-state index contributed by atoms with van der Waals surface area (Å²) in [5, 5.41) is 13.7. The Labute approximate surface area is 152 Å². The van der Waals surface area contributed by atoms with Crippen LogP contribution in [0.15, 0.2) is 29.8 Å². The zero-order valence-corrected chi connectivity index (χ0v) is 16.2. The number of allylic oxidation sites excluding steroid dienone is 2. The van der Waals surface area contributed by atoms with Gasteiger partial charge in [-0.15, -0.1) is 0 Å². The van der Waals surface area contributed by atoms with Crippen molar-refractivity contribution in [3.8, 4) is 6.07 Å². The molecule has 0 spiro atoms. The summed E-state index contributed by atoms with van der Waals surface area (Å²) in [6.45, 7) is 19.6. The average molecular weight is 332 g/mol. The highest BCUT2D eigenvalue weighted by atomic mass is 14.3. The van der Waals surface area contributed by atoms with E-state index in [0.717, 1.165) is 39.6 Å². The van der Waals surface area contributed by atoms with Crippen molar-refractivity contribution in [3.63, 3.8) is 0 Å². The van der Waals surface area contributed by atoms with Crippen molar-refractivity contribution >= 4 is 23.9 Å². The number of nitriles is 1. The molecule has 2 rings (SSSR count). The highest BCUT2D eigenvalue weighted by Crippen LogP contribution is 2.30. The van der Waals surface area contributed by atoms with E-state index >= 15 is 0 Å². The second-order valence-corrected chi connectivity index (χ2v) is 7.40. The summed E-state index contributed by atoms with van der Waals surface area (Å²) in [4.78, 5) is 0. The Bertz CT molecular complexity index is 952. The zero-order valence-electron chi connectivity index (χ0n) is 16.2. The quantitative estimate of drug-likeness (QED) is 0.680. The highest BCUT2D eigenvalue weighted by molar-refractivity contribution is 5.92. The van der Waals surface area contributed by atoms with Gasteiger partial charge in [-0.25, -0.2) is 0 Å². The number of hydrogen-bond donors (Lipinski definition) is 0. The first-order chi connectivity index (χ1) is 11.8. The van der Waals surface area contributed by atoms with Crippen LogP contribution < -0.4 is 10.4 Å². The monoisotopic (exact) mass is 331 g/mol. The lowest BCUT2D eigenvalue weighted by Gasteiger charge is -2.24. The summed E-state index contributed by atoms with van der Waals surface area (Å²) in [6.07, 6.45) is 4.42. The zero-order chi connectivity index (χ0) is 18.7. The third-order valence-electron chi connectivity index (χ3n) is 5.35. The first-order valence-corrected chi connectivity index (χ1v) is 9.09. The largest absolute Gasteiger partial charge is 0.192 e. The second-order valence-electron chi connectivity index (χ2n) is 7.40. The average Bonchev–Trinajstić information content (AvgIpc) is 2.58. The highest BCUT2D eigenvalue weighted by Gasteiger charge is 2.20. The van der Waals surface area contributed by atoms with Gasteiger partial charge in [-0.2, -0.15) is 5.26 Å². The Morgan fingerprint density at radius 1 is 1.24 bits per heavy atom. The van der Waals surface area contributed by atoms with Crippen molar-refractivity contribution in [1.29, 1.82) is 5.26 Å². The van der Waals surface area contributed by atoms with Crippen LogP contribution >= 0.6 is 0 Å². The number of benzene rings is 2. The molecule has 0 bridgehead atoms. The van der Waals surface area contributed by atoms with Gasteiger partial charge >= 0.3 is 0 Å². The SMILES string of the molecule is C=c1cc(C(CC=C(C)C)C(C)CC)c(=C)c2c(C#N)ccc(C)c12. The molecule has 0 amide bonds. The maximum absolute atomic E-state index is 9.60. The molecule has 0 aliphatic heterocycles. The molecule has 2 unspecified atom stereocenters. The van der Waals surface area contributed by atoms with Crippen LogP contribution in [0.1, 0.15) is 63.1 Å². The number of fused-ring (bicyclic) bond motifs is 1. The lowest BCUT2D eigenvalue weighted by atomic mass is 9.80. The van der Waals surface area contributed by atoms with E-state index in [4.69, 9.17) is 0 Å².